The van der Waals surface area contributed by atoms with E-state index in [1.54, 1.807) is 30.4 Å². The number of hydrogen-bond acceptors (Lipinski definition) is 1. The Morgan fingerprint density at radius 2 is 1.84 bits per heavy atom. The van der Waals surface area contributed by atoms with Gasteiger partial charge < -0.3 is 0 Å². The topological polar surface area (TPSA) is 0 Å². The van der Waals surface area contributed by atoms with Crippen LogP contribution in [0.1, 0.15) is 47.0 Å². The van der Waals surface area contributed by atoms with Gasteiger partial charge in [-0.15, -0.1) is 22.9 Å². The fourth-order valence-corrected chi connectivity index (χ4v) is 3.35. The zero-order chi connectivity index (χ0) is 14.2. The summed E-state index contributed by atoms with van der Waals surface area (Å²) in [4.78, 5) is 2.26. The molecule has 2 rings (SSSR count). The van der Waals surface area contributed by atoms with E-state index in [9.17, 15) is 4.39 Å². The monoisotopic (exact) mass is 296 g/mol. The minimum Gasteiger partial charge on any atom is -0.206 e. The second-order valence-corrected chi connectivity index (χ2v) is 7.34. The summed E-state index contributed by atoms with van der Waals surface area (Å²) >= 11 is 8.10. The lowest BCUT2D eigenvalue weighted by Crippen LogP contribution is -2.07. The van der Waals surface area contributed by atoms with Crippen LogP contribution in [0.4, 0.5) is 4.39 Å². The smallest absolute Gasteiger partial charge is 0.131 e. The first-order valence-electron chi connectivity index (χ1n) is 6.30. The van der Waals surface area contributed by atoms with Crippen molar-refractivity contribution < 1.29 is 4.39 Å². The van der Waals surface area contributed by atoms with Gasteiger partial charge in [-0.1, -0.05) is 39.0 Å². The van der Waals surface area contributed by atoms with Crippen molar-refractivity contribution in [2.75, 3.05) is 0 Å². The molecule has 0 amide bonds. The Labute approximate surface area is 123 Å². The highest BCUT2D eigenvalue weighted by atomic mass is 35.5. The maximum absolute atomic E-state index is 14.1. The quantitative estimate of drug-likeness (QED) is 0.612. The van der Waals surface area contributed by atoms with E-state index in [1.807, 2.05) is 12.1 Å². The zero-order valence-corrected chi connectivity index (χ0v) is 13.2. The average molecular weight is 297 g/mol. The van der Waals surface area contributed by atoms with Gasteiger partial charge in [-0.25, -0.2) is 4.39 Å². The van der Waals surface area contributed by atoms with Crippen LogP contribution in [0.2, 0.25) is 0 Å². The third-order valence-electron chi connectivity index (χ3n) is 3.11. The van der Waals surface area contributed by atoms with Crippen molar-refractivity contribution in [3.63, 3.8) is 0 Å². The van der Waals surface area contributed by atoms with Gasteiger partial charge in [-0.05, 0) is 30.0 Å². The lowest BCUT2D eigenvalue weighted by molar-refractivity contribution is 0.603. The number of alkyl halides is 1. The molecule has 0 aliphatic rings. The second kappa shape index (κ2) is 5.26. The van der Waals surface area contributed by atoms with Gasteiger partial charge in [0, 0.05) is 15.3 Å². The van der Waals surface area contributed by atoms with Gasteiger partial charge in [-0.2, -0.15) is 0 Å². The van der Waals surface area contributed by atoms with Crippen molar-refractivity contribution in [1.82, 2.24) is 0 Å². The van der Waals surface area contributed by atoms with Crippen LogP contribution in [0.25, 0.3) is 0 Å². The molecule has 0 N–H and O–H groups in total. The Balaban J connectivity index is 2.37. The third kappa shape index (κ3) is 3.01. The van der Waals surface area contributed by atoms with E-state index in [0.29, 0.717) is 11.1 Å². The van der Waals surface area contributed by atoms with Gasteiger partial charge in [0.05, 0.1) is 5.38 Å². The molecule has 0 aliphatic carbocycles. The molecule has 0 saturated carbocycles. The lowest BCUT2D eigenvalue weighted by atomic mass is 9.95. The van der Waals surface area contributed by atoms with Crippen molar-refractivity contribution in [3.8, 4) is 0 Å². The molecule has 1 aromatic carbocycles. The molecule has 0 aliphatic heterocycles. The van der Waals surface area contributed by atoms with E-state index in [4.69, 9.17) is 11.6 Å². The molecule has 1 aromatic heterocycles. The van der Waals surface area contributed by atoms with Crippen molar-refractivity contribution in [3.05, 3.63) is 57.0 Å². The van der Waals surface area contributed by atoms with Crippen LogP contribution in [-0.2, 0) is 5.41 Å². The van der Waals surface area contributed by atoms with Crippen LogP contribution in [0, 0.1) is 12.7 Å². The minimum absolute atomic E-state index is 0.102. The number of hydrogen-bond donors (Lipinski definition) is 0. The van der Waals surface area contributed by atoms with Crippen LogP contribution < -0.4 is 0 Å². The Bertz CT molecular complexity index is 581. The van der Waals surface area contributed by atoms with Crippen molar-refractivity contribution in [1.29, 1.82) is 0 Å². The van der Waals surface area contributed by atoms with E-state index >= 15 is 0 Å². The highest BCUT2D eigenvalue weighted by Gasteiger charge is 2.21. The Morgan fingerprint density at radius 1 is 1.16 bits per heavy atom. The van der Waals surface area contributed by atoms with Crippen LogP contribution >= 0.6 is 22.9 Å². The molecule has 1 atom stereocenters. The number of rotatable bonds is 2. The predicted molar refractivity (Wildman–Crippen MR) is 81.9 cm³/mol. The molecule has 0 fully saturated rings. The summed E-state index contributed by atoms with van der Waals surface area (Å²) in [7, 11) is 0. The summed E-state index contributed by atoms with van der Waals surface area (Å²) in [6, 6.07) is 9.46. The van der Waals surface area contributed by atoms with Gasteiger partial charge in [0.15, 0.2) is 0 Å². The standard InChI is InChI=1S/C16H18ClFS/c1-10-6-5-7-11(15(10)18)14(17)12-8-9-13(19-12)16(2,3)4/h5-9,14H,1-4H3. The molecule has 0 nitrogen and oxygen atoms in total. The molecule has 2 aromatic rings. The first kappa shape index (κ1) is 14.5. The molecular weight excluding hydrogens is 279 g/mol. The number of halogens is 2. The van der Waals surface area contributed by atoms with Gasteiger partial charge in [-0.3, -0.25) is 0 Å². The summed E-state index contributed by atoms with van der Waals surface area (Å²) in [5, 5.41) is -0.416. The maximum Gasteiger partial charge on any atom is 0.131 e. The van der Waals surface area contributed by atoms with Crippen LogP contribution in [0.3, 0.4) is 0 Å². The van der Waals surface area contributed by atoms with E-state index in [1.165, 1.54) is 4.88 Å². The Morgan fingerprint density at radius 3 is 2.42 bits per heavy atom. The van der Waals surface area contributed by atoms with E-state index in [2.05, 4.69) is 26.8 Å². The van der Waals surface area contributed by atoms with Crippen molar-refractivity contribution >= 4 is 22.9 Å². The first-order chi connectivity index (χ1) is 8.80. The highest BCUT2D eigenvalue weighted by Crippen LogP contribution is 2.38. The molecule has 0 saturated heterocycles. The average Bonchev–Trinajstić information content (AvgIpc) is 2.81. The minimum atomic E-state index is -0.416. The maximum atomic E-state index is 14.1. The number of aryl methyl sites for hydroxylation is 1. The number of benzene rings is 1. The largest absolute Gasteiger partial charge is 0.206 e. The molecule has 1 heterocycles. The van der Waals surface area contributed by atoms with Crippen molar-refractivity contribution in [2.45, 2.75) is 38.5 Å². The predicted octanol–water partition coefficient (Wildman–Crippen LogP) is 5.82. The fourth-order valence-electron chi connectivity index (χ4n) is 1.91. The molecule has 3 heteroatoms. The molecule has 0 radical (unpaired) electrons. The summed E-state index contributed by atoms with van der Waals surface area (Å²) in [5.41, 5.74) is 1.30. The van der Waals surface area contributed by atoms with Gasteiger partial charge in [0.25, 0.3) is 0 Å². The van der Waals surface area contributed by atoms with E-state index in [0.717, 1.165) is 4.88 Å². The normalized spacial score (nSPS) is 13.6. The summed E-state index contributed by atoms with van der Waals surface area (Å²) < 4.78 is 14.1. The van der Waals surface area contributed by atoms with Gasteiger partial charge in [0.2, 0.25) is 0 Å². The van der Waals surface area contributed by atoms with Crippen molar-refractivity contribution in [2.24, 2.45) is 0 Å². The summed E-state index contributed by atoms with van der Waals surface area (Å²) in [6.45, 7) is 8.26. The number of thiophene rings is 1. The molecule has 19 heavy (non-hydrogen) atoms. The van der Waals surface area contributed by atoms with E-state index in [-0.39, 0.29) is 11.2 Å². The van der Waals surface area contributed by atoms with Crippen LogP contribution in [-0.4, -0.2) is 0 Å². The van der Waals surface area contributed by atoms with E-state index < -0.39 is 5.38 Å². The summed E-state index contributed by atoms with van der Waals surface area (Å²) in [5.74, 6) is -0.201. The van der Waals surface area contributed by atoms with Crippen LogP contribution in [0.5, 0.6) is 0 Å². The zero-order valence-electron chi connectivity index (χ0n) is 11.6. The molecular formula is C16H18ClFS. The molecule has 1 unspecified atom stereocenters. The van der Waals surface area contributed by atoms with Crippen LogP contribution in [0.15, 0.2) is 30.3 Å². The fraction of sp³-hybridized carbons (Fsp3) is 0.375. The third-order valence-corrected chi connectivity index (χ3v) is 5.29. The second-order valence-electron chi connectivity index (χ2n) is 5.79. The highest BCUT2D eigenvalue weighted by molar-refractivity contribution is 7.12. The Kier molecular flexibility index (Phi) is 4.03. The lowest BCUT2D eigenvalue weighted by Gasteiger charge is -2.16. The van der Waals surface area contributed by atoms with Gasteiger partial charge in [0.1, 0.15) is 5.82 Å². The van der Waals surface area contributed by atoms with Gasteiger partial charge >= 0.3 is 0 Å². The molecule has 0 bridgehead atoms. The Hall–Kier alpha value is -0.860. The SMILES string of the molecule is Cc1cccc(C(Cl)c2ccc(C(C)(C)C)s2)c1F. The molecule has 102 valence electrons. The first-order valence-corrected chi connectivity index (χ1v) is 7.55. The summed E-state index contributed by atoms with van der Waals surface area (Å²) in [6.07, 6.45) is 0. The molecule has 0 spiro atoms.